The smallest absolute Gasteiger partial charge is 0.00757 e. The fraction of sp³-hybridized carbons (Fsp3) is 0.684. The van der Waals surface area contributed by atoms with Gasteiger partial charge in [0.15, 0.2) is 0 Å². The highest BCUT2D eigenvalue weighted by molar-refractivity contribution is 5.33. The molecular formula is C19H29N. The molecule has 20 heavy (non-hydrogen) atoms. The van der Waals surface area contributed by atoms with Gasteiger partial charge in [-0.05, 0) is 67.5 Å². The van der Waals surface area contributed by atoms with Gasteiger partial charge in [0.2, 0.25) is 0 Å². The van der Waals surface area contributed by atoms with Gasteiger partial charge < -0.3 is 5.32 Å². The zero-order valence-electron chi connectivity index (χ0n) is 13.1. The van der Waals surface area contributed by atoms with Gasteiger partial charge in [-0.3, -0.25) is 0 Å². The van der Waals surface area contributed by atoms with Crippen LogP contribution in [0.4, 0.5) is 0 Å². The van der Waals surface area contributed by atoms with Crippen LogP contribution in [0.5, 0.6) is 0 Å². The van der Waals surface area contributed by atoms with Crippen molar-refractivity contribution >= 4 is 0 Å². The standard InChI is InChI=1S/C19H29N/c1-3-12-20-18-10-11-19(2,14-18)17-9-5-8-16(13-17)15-6-4-7-15/h5,8-9,13,15,18,20H,3-4,6-7,10-12,14H2,1-2H3. The van der Waals surface area contributed by atoms with E-state index >= 15 is 0 Å². The van der Waals surface area contributed by atoms with Gasteiger partial charge in [0, 0.05) is 6.04 Å². The van der Waals surface area contributed by atoms with Crippen LogP contribution in [-0.2, 0) is 5.41 Å². The summed E-state index contributed by atoms with van der Waals surface area (Å²) < 4.78 is 0. The Hall–Kier alpha value is -0.820. The van der Waals surface area contributed by atoms with Crippen molar-refractivity contribution in [3.05, 3.63) is 35.4 Å². The van der Waals surface area contributed by atoms with E-state index in [1.807, 2.05) is 0 Å². The molecule has 1 heteroatoms. The van der Waals surface area contributed by atoms with Crippen LogP contribution in [-0.4, -0.2) is 12.6 Å². The highest BCUT2D eigenvalue weighted by Crippen LogP contribution is 2.43. The number of nitrogens with one attached hydrogen (secondary N) is 1. The highest BCUT2D eigenvalue weighted by atomic mass is 14.9. The molecule has 0 aromatic heterocycles. The molecule has 0 saturated heterocycles. The summed E-state index contributed by atoms with van der Waals surface area (Å²) in [5, 5.41) is 3.72. The number of rotatable bonds is 5. The van der Waals surface area contributed by atoms with Gasteiger partial charge in [-0.25, -0.2) is 0 Å². The fourth-order valence-electron chi connectivity index (χ4n) is 3.94. The average Bonchev–Trinajstić information content (AvgIpc) is 2.78. The van der Waals surface area contributed by atoms with Crippen molar-refractivity contribution in [1.82, 2.24) is 5.32 Å². The molecule has 0 amide bonds. The molecule has 3 rings (SSSR count). The van der Waals surface area contributed by atoms with Crippen LogP contribution in [0.15, 0.2) is 24.3 Å². The van der Waals surface area contributed by atoms with Crippen molar-refractivity contribution in [2.75, 3.05) is 6.54 Å². The van der Waals surface area contributed by atoms with Gasteiger partial charge in [0.1, 0.15) is 0 Å². The van der Waals surface area contributed by atoms with E-state index in [0.717, 1.165) is 12.0 Å². The van der Waals surface area contributed by atoms with Crippen LogP contribution in [0.3, 0.4) is 0 Å². The van der Waals surface area contributed by atoms with Crippen LogP contribution in [0, 0.1) is 0 Å². The molecule has 1 N–H and O–H groups in total. The van der Waals surface area contributed by atoms with Crippen LogP contribution in [0.25, 0.3) is 0 Å². The second-order valence-electron chi connectivity index (χ2n) is 7.21. The molecule has 0 bridgehead atoms. The predicted octanol–water partition coefficient (Wildman–Crippen LogP) is 4.76. The third-order valence-corrected chi connectivity index (χ3v) is 5.58. The van der Waals surface area contributed by atoms with Gasteiger partial charge in [-0.2, -0.15) is 0 Å². The molecular weight excluding hydrogens is 242 g/mol. The normalized spacial score (nSPS) is 30.4. The van der Waals surface area contributed by atoms with Crippen LogP contribution < -0.4 is 5.32 Å². The average molecular weight is 271 g/mol. The molecule has 2 aliphatic carbocycles. The summed E-state index contributed by atoms with van der Waals surface area (Å²) in [6.45, 7) is 5.90. The van der Waals surface area contributed by atoms with Crippen molar-refractivity contribution in [3.63, 3.8) is 0 Å². The Kier molecular flexibility index (Phi) is 4.16. The second-order valence-corrected chi connectivity index (χ2v) is 7.21. The molecule has 1 aromatic carbocycles. The van der Waals surface area contributed by atoms with Crippen LogP contribution >= 0.6 is 0 Å². The minimum absolute atomic E-state index is 0.394. The van der Waals surface area contributed by atoms with Crippen molar-refractivity contribution in [2.24, 2.45) is 0 Å². The lowest BCUT2D eigenvalue weighted by atomic mass is 9.76. The van der Waals surface area contributed by atoms with E-state index in [1.165, 1.54) is 51.5 Å². The third kappa shape index (κ3) is 2.79. The molecule has 2 unspecified atom stereocenters. The van der Waals surface area contributed by atoms with Crippen LogP contribution in [0.1, 0.15) is 75.8 Å². The van der Waals surface area contributed by atoms with E-state index < -0.39 is 0 Å². The lowest BCUT2D eigenvalue weighted by molar-refractivity contribution is 0.416. The monoisotopic (exact) mass is 271 g/mol. The largest absolute Gasteiger partial charge is 0.314 e. The molecule has 0 radical (unpaired) electrons. The maximum atomic E-state index is 3.72. The van der Waals surface area contributed by atoms with E-state index in [1.54, 1.807) is 11.1 Å². The number of hydrogen-bond donors (Lipinski definition) is 1. The zero-order chi connectivity index (χ0) is 14.0. The fourth-order valence-corrected chi connectivity index (χ4v) is 3.94. The molecule has 2 atom stereocenters. The molecule has 1 nitrogen and oxygen atoms in total. The SMILES string of the molecule is CCCNC1CCC(C)(c2cccc(C3CCC3)c2)C1. The Morgan fingerprint density at radius 3 is 2.80 bits per heavy atom. The predicted molar refractivity (Wildman–Crippen MR) is 86.3 cm³/mol. The molecule has 1 aromatic rings. The third-order valence-electron chi connectivity index (χ3n) is 5.58. The second kappa shape index (κ2) is 5.89. The first-order chi connectivity index (χ1) is 9.71. The van der Waals surface area contributed by atoms with E-state index in [0.29, 0.717) is 5.41 Å². The van der Waals surface area contributed by atoms with Crippen molar-refractivity contribution in [3.8, 4) is 0 Å². The lowest BCUT2D eigenvalue weighted by Crippen LogP contribution is -2.29. The summed E-state index contributed by atoms with van der Waals surface area (Å²) in [4.78, 5) is 0. The molecule has 2 saturated carbocycles. The minimum Gasteiger partial charge on any atom is -0.314 e. The van der Waals surface area contributed by atoms with E-state index in [2.05, 4.69) is 43.4 Å². The van der Waals surface area contributed by atoms with Gasteiger partial charge >= 0.3 is 0 Å². The van der Waals surface area contributed by atoms with Crippen molar-refractivity contribution in [2.45, 2.75) is 76.2 Å². The van der Waals surface area contributed by atoms with E-state index in [9.17, 15) is 0 Å². The maximum Gasteiger partial charge on any atom is 0.00757 e. The lowest BCUT2D eigenvalue weighted by Gasteiger charge is -2.30. The maximum absolute atomic E-state index is 3.72. The summed E-state index contributed by atoms with van der Waals surface area (Å²) in [5.41, 5.74) is 3.58. The summed E-state index contributed by atoms with van der Waals surface area (Å²) in [6.07, 6.45) is 9.45. The van der Waals surface area contributed by atoms with Gasteiger partial charge in [0.05, 0.1) is 0 Å². The first kappa shape index (κ1) is 14.1. The molecule has 110 valence electrons. The van der Waals surface area contributed by atoms with Gasteiger partial charge in [0.25, 0.3) is 0 Å². The zero-order valence-corrected chi connectivity index (χ0v) is 13.1. The molecule has 0 spiro atoms. The van der Waals surface area contributed by atoms with Gasteiger partial charge in [-0.1, -0.05) is 44.5 Å². The molecule has 2 fully saturated rings. The molecule has 0 aliphatic heterocycles. The quantitative estimate of drug-likeness (QED) is 0.814. The van der Waals surface area contributed by atoms with E-state index in [-0.39, 0.29) is 0 Å². The first-order valence-electron chi connectivity index (χ1n) is 8.55. The topological polar surface area (TPSA) is 12.0 Å². The Morgan fingerprint density at radius 2 is 2.10 bits per heavy atom. The number of benzene rings is 1. The Morgan fingerprint density at radius 1 is 1.25 bits per heavy atom. The summed E-state index contributed by atoms with van der Waals surface area (Å²) >= 11 is 0. The van der Waals surface area contributed by atoms with Crippen molar-refractivity contribution < 1.29 is 0 Å². The Labute approximate surface area is 124 Å². The minimum atomic E-state index is 0.394. The van der Waals surface area contributed by atoms with Crippen LogP contribution in [0.2, 0.25) is 0 Å². The molecule has 0 heterocycles. The van der Waals surface area contributed by atoms with Gasteiger partial charge in [-0.15, -0.1) is 0 Å². The number of hydrogen-bond acceptors (Lipinski definition) is 1. The van der Waals surface area contributed by atoms with E-state index in [4.69, 9.17) is 0 Å². The summed E-state index contributed by atoms with van der Waals surface area (Å²) in [5.74, 6) is 0.856. The summed E-state index contributed by atoms with van der Waals surface area (Å²) in [7, 11) is 0. The molecule has 2 aliphatic rings. The Bertz CT molecular complexity index is 449. The summed E-state index contributed by atoms with van der Waals surface area (Å²) in [6, 6.07) is 10.3. The Balaban J connectivity index is 1.71. The first-order valence-corrected chi connectivity index (χ1v) is 8.55. The highest BCUT2D eigenvalue weighted by Gasteiger charge is 2.36. The van der Waals surface area contributed by atoms with Crippen molar-refractivity contribution in [1.29, 1.82) is 0 Å².